The molecule has 1 rings (SSSR count). The van der Waals surface area contributed by atoms with Crippen LogP contribution in [0, 0.1) is 5.92 Å². The number of nitrogens with zero attached hydrogens (tertiary/aromatic N) is 1. The molecule has 2 N–H and O–H groups in total. The second-order valence-corrected chi connectivity index (χ2v) is 3.19. The Morgan fingerprint density at radius 1 is 1.50 bits per heavy atom. The van der Waals surface area contributed by atoms with E-state index in [4.69, 9.17) is 5.73 Å². The molecule has 72 valence electrons. The molecule has 0 bridgehead atoms. The normalized spacial score (nSPS) is 18.7. The average Bonchev–Trinajstić information content (AvgIpc) is 2.05. The third-order valence-electron chi connectivity index (χ3n) is 2.39. The number of amides is 1. The van der Waals surface area contributed by atoms with Gasteiger partial charge in [0.05, 0.1) is 0 Å². The second kappa shape index (κ2) is 5.38. The summed E-state index contributed by atoms with van der Waals surface area (Å²) in [7, 11) is 0. The van der Waals surface area contributed by atoms with Gasteiger partial charge in [-0.2, -0.15) is 0 Å². The van der Waals surface area contributed by atoms with Gasteiger partial charge in [0.25, 0.3) is 0 Å². The van der Waals surface area contributed by atoms with Crippen molar-refractivity contribution in [1.82, 2.24) is 4.90 Å². The number of carbonyl (C=O) groups is 1. The van der Waals surface area contributed by atoms with Crippen molar-refractivity contribution in [2.45, 2.75) is 19.8 Å². The Balaban J connectivity index is 0.00000121. The first-order chi connectivity index (χ1) is 5.24. The Bertz CT molecular complexity index is 144. The average molecular weight is 193 g/mol. The topological polar surface area (TPSA) is 46.3 Å². The first-order valence-corrected chi connectivity index (χ1v) is 4.19. The van der Waals surface area contributed by atoms with E-state index >= 15 is 0 Å². The summed E-state index contributed by atoms with van der Waals surface area (Å²) in [6.07, 6.45) is 2.16. The summed E-state index contributed by atoms with van der Waals surface area (Å²) in [5, 5.41) is 0. The summed E-state index contributed by atoms with van der Waals surface area (Å²) < 4.78 is 0. The zero-order valence-corrected chi connectivity index (χ0v) is 8.27. The fourth-order valence-electron chi connectivity index (χ4n) is 1.48. The minimum atomic E-state index is 0. The molecule has 1 heterocycles. The van der Waals surface area contributed by atoms with Crippen LogP contribution in [0.1, 0.15) is 19.8 Å². The number of likely N-dealkylation sites (tertiary alicyclic amines) is 1. The van der Waals surface area contributed by atoms with E-state index in [-0.39, 0.29) is 18.3 Å². The van der Waals surface area contributed by atoms with Crippen molar-refractivity contribution in [2.24, 2.45) is 11.7 Å². The number of hydrogen-bond donors (Lipinski definition) is 1. The molecule has 0 atom stereocenters. The maximum absolute atomic E-state index is 10.9. The highest BCUT2D eigenvalue weighted by Crippen LogP contribution is 2.15. The summed E-state index contributed by atoms with van der Waals surface area (Å²) in [5.74, 6) is 0.839. The van der Waals surface area contributed by atoms with Crippen LogP contribution in [-0.2, 0) is 4.79 Å². The summed E-state index contributed by atoms with van der Waals surface area (Å²) in [6, 6.07) is 0. The Kier molecular flexibility index (Phi) is 5.25. The van der Waals surface area contributed by atoms with Crippen LogP contribution >= 0.6 is 12.4 Å². The molecular weight excluding hydrogens is 176 g/mol. The van der Waals surface area contributed by atoms with Gasteiger partial charge in [-0.25, -0.2) is 0 Å². The van der Waals surface area contributed by atoms with E-state index in [1.807, 2.05) is 4.90 Å². The van der Waals surface area contributed by atoms with Crippen molar-refractivity contribution < 1.29 is 4.79 Å². The van der Waals surface area contributed by atoms with Gasteiger partial charge in [-0.15, -0.1) is 12.4 Å². The largest absolute Gasteiger partial charge is 0.343 e. The molecule has 0 aliphatic carbocycles. The van der Waals surface area contributed by atoms with Gasteiger partial charge < -0.3 is 10.6 Å². The molecule has 1 saturated heterocycles. The number of halogens is 1. The van der Waals surface area contributed by atoms with E-state index in [1.54, 1.807) is 6.92 Å². The highest BCUT2D eigenvalue weighted by atomic mass is 35.5. The molecule has 1 aliphatic heterocycles. The van der Waals surface area contributed by atoms with Crippen LogP contribution in [0.3, 0.4) is 0 Å². The zero-order chi connectivity index (χ0) is 8.27. The monoisotopic (exact) mass is 192 g/mol. The predicted molar refractivity (Wildman–Crippen MR) is 51.3 cm³/mol. The molecule has 0 saturated carbocycles. The number of nitrogens with two attached hydrogens (primary N) is 1. The van der Waals surface area contributed by atoms with Crippen LogP contribution in [0.15, 0.2) is 0 Å². The molecule has 0 spiro atoms. The number of piperidine rings is 1. The first kappa shape index (κ1) is 11.7. The Labute approximate surface area is 79.7 Å². The first-order valence-electron chi connectivity index (χ1n) is 4.19. The molecule has 1 amide bonds. The Morgan fingerprint density at radius 2 is 2.00 bits per heavy atom. The van der Waals surface area contributed by atoms with Crippen molar-refractivity contribution in [3.8, 4) is 0 Å². The lowest BCUT2D eigenvalue weighted by molar-refractivity contribution is -0.130. The highest BCUT2D eigenvalue weighted by molar-refractivity contribution is 5.85. The molecule has 0 aromatic carbocycles. The van der Waals surface area contributed by atoms with Gasteiger partial charge in [0.1, 0.15) is 0 Å². The third-order valence-corrected chi connectivity index (χ3v) is 2.39. The van der Waals surface area contributed by atoms with Gasteiger partial charge in [-0.3, -0.25) is 4.79 Å². The number of rotatable bonds is 1. The number of hydrogen-bond acceptors (Lipinski definition) is 2. The quantitative estimate of drug-likeness (QED) is 0.663. The van der Waals surface area contributed by atoms with Gasteiger partial charge >= 0.3 is 0 Å². The van der Waals surface area contributed by atoms with Gasteiger partial charge in [0.15, 0.2) is 0 Å². The smallest absolute Gasteiger partial charge is 0.219 e. The SMILES string of the molecule is CC(=O)N1CCC(CN)CC1.Cl. The molecule has 4 heteroatoms. The zero-order valence-electron chi connectivity index (χ0n) is 7.45. The molecule has 0 aromatic rings. The fourth-order valence-corrected chi connectivity index (χ4v) is 1.48. The van der Waals surface area contributed by atoms with E-state index in [9.17, 15) is 4.79 Å². The summed E-state index contributed by atoms with van der Waals surface area (Å²) in [6.45, 7) is 4.20. The van der Waals surface area contributed by atoms with Crippen LogP contribution in [0.4, 0.5) is 0 Å². The van der Waals surface area contributed by atoms with Crippen LogP contribution in [-0.4, -0.2) is 30.4 Å². The Hall–Kier alpha value is -0.280. The van der Waals surface area contributed by atoms with Crippen LogP contribution < -0.4 is 5.73 Å². The molecule has 3 nitrogen and oxygen atoms in total. The van der Waals surface area contributed by atoms with Crippen LogP contribution in [0.2, 0.25) is 0 Å². The molecule has 1 aliphatic rings. The highest BCUT2D eigenvalue weighted by Gasteiger charge is 2.18. The van der Waals surface area contributed by atoms with Crippen molar-refractivity contribution >= 4 is 18.3 Å². The summed E-state index contributed by atoms with van der Waals surface area (Å²) in [5.41, 5.74) is 5.52. The lowest BCUT2D eigenvalue weighted by atomic mass is 9.97. The predicted octanol–water partition coefficient (Wildman–Crippen LogP) is 0.625. The van der Waals surface area contributed by atoms with E-state index in [0.29, 0.717) is 5.92 Å². The summed E-state index contributed by atoms with van der Waals surface area (Å²) in [4.78, 5) is 12.8. The van der Waals surface area contributed by atoms with Crippen molar-refractivity contribution in [3.05, 3.63) is 0 Å². The Morgan fingerprint density at radius 3 is 2.33 bits per heavy atom. The van der Waals surface area contributed by atoms with E-state index in [2.05, 4.69) is 0 Å². The maximum Gasteiger partial charge on any atom is 0.219 e. The van der Waals surface area contributed by atoms with E-state index < -0.39 is 0 Å². The number of carbonyl (C=O) groups excluding carboxylic acids is 1. The lowest BCUT2D eigenvalue weighted by Crippen LogP contribution is -2.38. The van der Waals surface area contributed by atoms with Crippen molar-refractivity contribution in [1.29, 1.82) is 0 Å². The minimum absolute atomic E-state index is 0. The van der Waals surface area contributed by atoms with Crippen LogP contribution in [0.25, 0.3) is 0 Å². The fraction of sp³-hybridized carbons (Fsp3) is 0.875. The standard InChI is InChI=1S/C8H16N2O.ClH/c1-7(11)10-4-2-8(6-9)3-5-10;/h8H,2-6,9H2,1H3;1H. The van der Waals surface area contributed by atoms with Gasteiger partial charge in [0.2, 0.25) is 5.91 Å². The lowest BCUT2D eigenvalue weighted by Gasteiger charge is -2.30. The van der Waals surface area contributed by atoms with Crippen LogP contribution in [0.5, 0.6) is 0 Å². The molecule has 12 heavy (non-hydrogen) atoms. The van der Waals surface area contributed by atoms with Gasteiger partial charge in [-0.05, 0) is 25.3 Å². The second-order valence-electron chi connectivity index (χ2n) is 3.19. The minimum Gasteiger partial charge on any atom is -0.343 e. The van der Waals surface area contributed by atoms with Gasteiger partial charge in [0, 0.05) is 20.0 Å². The van der Waals surface area contributed by atoms with Crippen molar-refractivity contribution in [3.63, 3.8) is 0 Å². The molecular formula is C8H17ClN2O. The molecule has 0 aromatic heterocycles. The molecule has 0 radical (unpaired) electrons. The molecule has 1 fully saturated rings. The van der Waals surface area contributed by atoms with Gasteiger partial charge in [-0.1, -0.05) is 0 Å². The molecule has 0 unspecified atom stereocenters. The maximum atomic E-state index is 10.9. The van der Waals surface area contributed by atoms with E-state index in [1.165, 1.54) is 0 Å². The van der Waals surface area contributed by atoms with Crippen molar-refractivity contribution in [2.75, 3.05) is 19.6 Å². The third kappa shape index (κ3) is 2.99. The van der Waals surface area contributed by atoms with E-state index in [0.717, 1.165) is 32.5 Å². The summed E-state index contributed by atoms with van der Waals surface area (Å²) >= 11 is 0.